The Kier molecular flexibility index (Phi) is 4.76. The number of nitrogens with one attached hydrogen (secondary N) is 1. The van der Waals surface area contributed by atoms with E-state index >= 15 is 0 Å². The van der Waals surface area contributed by atoms with Gasteiger partial charge in [0.25, 0.3) is 5.91 Å². The zero-order valence-corrected chi connectivity index (χ0v) is 13.8. The molecule has 22 heavy (non-hydrogen) atoms. The first-order chi connectivity index (χ1) is 10.6. The fourth-order valence-electron chi connectivity index (χ4n) is 3.50. The van der Waals surface area contributed by atoms with Crippen molar-refractivity contribution < 1.29 is 9.59 Å². The normalized spacial score (nSPS) is 23.0. The molecule has 1 atom stereocenters. The molecule has 2 heterocycles. The molecule has 1 unspecified atom stereocenters. The van der Waals surface area contributed by atoms with Gasteiger partial charge < -0.3 is 10.2 Å². The van der Waals surface area contributed by atoms with Crippen molar-refractivity contribution in [3.8, 4) is 0 Å². The highest BCUT2D eigenvalue weighted by Crippen LogP contribution is 2.26. The van der Waals surface area contributed by atoms with Crippen molar-refractivity contribution in [1.29, 1.82) is 0 Å². The van der Waals surface area contributed by atoms with Gasteiger partial charge in [-0.25, -0.2) is 4.98 Å². The predicted octanol–water partition coefficient (Wildman–Crippen LogP) is 2.36. The summed E-state index contributed by atoms with van der Waals surface area (Å²) in [7, 11) is 0. The van der Waals surface area contributed by atoms with Crippen molar-refractivity contribution in [3.63, 3.8) is 0 Å². The van der Waals surface area contributed by atoms with Crippen molar-refractivity contribution in [2.75, 3.05) is 13.1 Å². The Morgan fingerprint density at radius 3 is 2.86 bits per heavy atom. The van der Waals surface area contributed by atoms with Crippen molar-refractivity contribution in [2.24, 2.45) is 5.92 Å². The first kappa shape index (κ1) is 15.5. The fraction of sp³-hybridized carbons (Fsp3) is 0.688. The number of aryl methyl sites for hydroxylation is 1. The van der Waals surface area contributed by atoms with Crippen LogP contribution >= 0.6 is 11.3 Å². The molecule has 1 saturated carbocycles. The topological polar surface area (TPSA) is 62.3 Å². The van der Waals surface area contributed by atoms with E-state index in [1.54, 1.807) is 5.51 Å². The molecule has 1 aliphatic carbocycles. The van der Waals surface area contributed by atoms with Gasteiger partial charge in [-0.2, -0.15) is 0 Å². The second kappa shape index (κ2) is 6.77. The average molecular weight is 321 g/mol. The number of amides is 2. The Balaban J connectivity index is 1.53. The van der Waals surface area contributed by atoms with Crippen LogP contribution in [0.15, 0.2) is 5.51 Å². The van der Waals surface area contributed by atoms with Crippen molar-refractivity contribution in [1.82, 2.24) is 15.2 Å². The summed E-state index contributed by atoms with van der Waals surface area (Å²) in [5.74, 6) is 0.727. The standard InChI is InChI=1S/C16H23N3O2S/c1-11-15(22-10-17-11)16(21)18-13-7-14(20)19(9-13)8-12-5-3-2-4-6-12/h10,12-13H,2-9H2,1H3,(H,18,21). The molecule has 0 radical (unpaired) electrons. The van der Waals surface area contributed by atoms with Gasteiger partial charge in [0.2, 0.25) is 5.91 Å². The monoisotopic (exact) mass is 321 g/mol. The Labute approximate surface area is 135 Å². The molecule has 1 N–H and O–H groups in total. The van der Waals surface area contributed by atoms with Crippen molar-refractivity contribution in [2.45, 2.75) is 51.5 Å². The lowest BCUT2D eigenvalue weighted by atomic mass is 9.89. The van der Waals surface area contributed by atoms with Crippen LogP contribution in [0.2, 0.25) is 0 Å². The first-order valence-electron chi connectivity index (χ1n) is 8.12. The molecule has 1 aromatic heterocycles. The number of thiazole rings is 1. The van der Waals surface area contributed by atoms with Crippen LogP contribution in [0, 0.1) is 12.8 Å². The van der Waals surface area contributed by atoms with E-state index < -0.39 is 0 Å². The molecule has 0 bridgehead atoms. The second-order valence-electron chi connectivity index (χ2n) is 6.44. The average Bonchev–Trinajstić information content (AvgIpc) is 3.07. The third kappa shape index (κ3) is 3.48. The molecule has 120 valence electrons. The number of carbonyl (C=O) groups excluding carboxylic acids is 2. The lowest BCUT2D eigenvalue weighted by Crippen LogP contribution is -2.38. The van der Waals surface area contributed by atoms with Crippen LogP contribution in [-0.2, 0) is 4.79 Å². The Bertz CT molecular complexity index is 551. The number of aromatic nitrogens is 1. The minimum Gasteiger partial charge on any atom is -0.346 e. The Morgan fingerprint density at radius 2 is 2.18 bits per heavy atom. The maximum absolute atomic E-state index is 12.2. The van der Waals surface area contributed by atoms with Crippen molar-refractivity contribution in [3.05, 3.63) is 16.1 Å². The van der Waals surface area contributed by atoms with Gasteiger partial charge in [-0.1, -0.05) is 19.3 Å². The van der Waals surface area contributed by atoms with E-state index in [-0.39, 0.29) is 17.9 Å². The van der Waals surface area contributed by atoms with Crippen LogP contribution in [0.3, 0.4) is 0 Å². The molecule has 1 saturated heterocycles. The molecular weight excluding hydrogens is 298 g/mol. The highest BCUT2D eigenvalue weighted by atomic mass is 32.1. The summed E-state index contributed by atoms with van der Waals surface area (Å²) in [5.41, 5.74) is 2.44. The molecular formula is C16H23N3O2S. The lowest BCUT2D eigenvalue weighted by molar-refractivity contribution is -0.128. The summed E-state index contributed by atoms with van der Waals surface area (Å²) >= 11 is 1.35. The number of rotatable bonds is 4. The molecule has 1 aliphatic heterocycles. The molecule has 5 nitrogen and oxygen atoms in total. The number of likely N-dealkylation sites (tertiary alicyclic amines) is 1. The van der Waals surface area contributed by atoms with Gasteiger partial charge in [0, 0.05) is 19.5 Å². The predicted molar refractivity (Wildman–Crippen MR) is 85.9 cm³/mol. The van der Waals surface area contributed by atoms with E-state index in [1.165, 1.54) is 43.4 Å². The van der Waals surface area contributed by atoms with Gasteiger partial charge in [0.1, 0.15) is 4.88 Å². The van der Waals surface area contributed by atoms with Gasteiger partial charge in [-0.3, -0.25) is 9.59 Å². The maximum Gasteiger partial charge on any atom is 0.263 e. The van der Waals surface area contributed by atoms with Gasteiger partial charge >= 0.3 is 0 Å². The number of nitrogens with zero attached hydrogens (tertiary/aromatic N) is 2. The molecule has 2 fully saturated rings. The minimum absolute atomic E-state index is 0.0647. The smallest absolute Gasteiger partial charge is 0.263 e. The molecule has 2 aliphatic rings. The van der Waals surface area contributed by atoms with Crippen LogP contribution in [-0.4, -0.2) is 40.8 Å². The third-order valence-electron chi connectivity index (χ3n) is 4.70. The second-order valence-corrected chi connectivity index (χ2v) is 7.30. The van der Waals surface area contributed by atoms with E-state index in [1.807, 2.05) is 11.8 Å². The summed E-state index contributed by atoms with van der Waals surface area (Å²) in [6, 6.07) is -0.0647. The van der Waals surface area contributed by atoms with E-state index in [4.69, 9.17) is 0 Å². The van der Waals surface area contributed by atoms with Gasteiger partial charge in [-0.05, 0) is 25.7 Å². The maximum atomic E-state index is 12.2. The summed E-state index contributed by atoms with van der Waals surface area (Å²) in [6.07, 6.45) is 6.81. The van der Waals surface area contributed by atoms with Gasteiger partial charge in [0.05, 0.1) is 17.2 Å². The molecule has 3 rings (SSSR count). The summed E-state index contributed by atoms with van der Waals surface area (Å²) in [5, 5.41) is 2.99. The van der Waals surface area contributed by atoms with Crippen LogP contribution in [0.4, 0.5) is 0 Å². The quantitative estimate of drug-likeness (QED) is 0.926. The van der Waals surface area contributed by atoms with E-state index in [0.29, 0.717) is 23.8 Å². The molecule has 0 spiro atoms. The zero-order chi connectivity index (χ0) is 15.5. The molecule has 2 amide bonds. The number of carbonyl (C=O) groups is 2. The zero-order valence-electron chi connectivity index (χ0n) is 13.0. The molecule has 1 aromatic rings. The Hall–Kier alpha value is -1.43. The summed E-state index contributed by atoms with van der Waals surface area (Å²) in [6.45, 7) is 3.35. The number of hydrogen-bond acceptors (Lipinski definition) is 4. The highest BCUT2D eigenvalue weighted by molar-refractivity contribution is 7.11. The van der Waals surface area contributed by atoms with E-state index in [0.717, 1.165) is 12.2 Å². The van der Waals surface area contributed by atoms with E-state index in [2.05, 4.69) is 10.3 Å². The fourth-order valence-corrected chi connectivity index (χ4v) is 4.20. The molecule has 6 heteroatoms. The van der Waals surface area contributed by atoms with Crippen molar-refractivity contribution >= 4 is 23.2 Å². The highest BCUT2D eigenvalue weighted by Gasteiger charge is 2.32. The van der Waals surface area contributed by atoms with Crippen LogP contribution in [0.25, 0.3) is 0 Å². The Morgan fingerprint density at radius 1 is 1.41 bits per heavy atom. The summed E-state index contributed by atoms with van der Waals surface area (Å²) in [4.78, 5) is 31.1. The minimum atomic E-state index is -0.0997. The number of hydrogen-bond donors (Lipinski definition) is 1. The van der Waals surface area contributed by atoms with Crippen LogP contribution in [0.1, 0.15) is 53.9 Å². The lowest BCUT2D eigenvalue weighted by Gasteiger charge is -2.27. The third-order valence-corrected chi connectivity index (χ3v) is 5.63. The molecule has 0 aromatic carbocycles. The van der Waals surface area contributed by atoms with Gasteiger partial charge in [0.15, 0.2) is 0 Å². The summed E-state index contributed by atoms with van der Waals surface area (Å²) < 4.78 is 0. The van der Waals surface area contributed by atoms with Crippen LogP contribution in [0.5, 0.6) is 0 Å². The SMILES string of the molecule is Cc1ncsc1C(=O)NC1CC(=O)N(CC2CCCCC2)C1. The van der Waals surface area contributed by atoms with Crippen LogP contribution < -0.4 is 5.32 Å². The van der Waals surface area contributed by atoms with Gasteiger partial charge in [-0.15, -0.1) is 11.3 Å². The van der Waals surface area contributed by atoms with E-state index in [9.17, 15) is 9.59 Å². The largest absolute Gasteiger partial charge is 0.346 e. The first-order valence-corrected chi connectivity index (χ1v) is 9.00.